The normalized spacial score (nSPS) is 32.9. The van der Waals surface area contributed by atoms with Gasteiger partial charge in [0.25, 0.3) is 0 Å². The number of amidine groups is 1. The van der Waals surface area contributed by atoms with Crippen LogP contribution in [0.4, 0.5) is 0 Å². The largest absolute Gasteiger partial charge is 0.258 e. The van der Waals surface area contributed by atoms with Crippen LogP contribution >= 0.6 is 11.8 Å². The van der Waals surface area contributed by atoms with Crippen LogP contribution in [0.2, 0.25) is 0 Å². The molecule has 78 valence electrons. The summed E-state index contributed by atoms with van der Waals surface area (Å²) >= 11 is 1.01. The molecule has 4 nitrogen and oxygen atoms in total. The second-order valence-corrected chi connectivity index (χ2v) is 4.45. The first-order chi connectivity index (χ1) is 7.61. The number of hydrogen-bond donors (Lipinski definition) is 0. The minimum Gasteiger partial charge on any atom is -0.258 e. The molecule has 0 unspecified atom stereocenters. The Bertz CT molecular complexity index is 305. The Hall–Kier alpha value is -0.580. The number of hydrogen-bond acceptors (Lipinski definition) is 4. The van der Waals surface area contributed by atoms with Crippen molar-refractivity contribution in [3.8, 4) is 0 Å². The Morgan fingerprint density at radius 1 is 1.43 bits per heavy atom. The van der Waals surface area contributed by atoms with Gasteiger partial charge < -0.3 is 0 Å². The lowest BCUT2D eigenvalue weighted by atomic mass is 9.96. The van der Waals surface area contributed by atoms with Crippen LogP contribution in [0.15, 0.2) is 10.3 Å². The molecule has 0 bridgehead atoms. The van der Waals surface area contributed by atoms with Crippen molar-refractivity contribution in [1.82, 2.24) is 5.01 Å². The van der Waals surface area contributed by atoms with E-state index >= 15 is 0 Å². The second-order valence-electron chi connectivity index (χ2n) is 3.59. The van der Waals surface area contributed by atoms with Gasteiger partial charge in [-0.25, -0.2) is 5.01 Å². The summed E-state index contributed by atoms with van der Waals surface area (Å²) in [5.41, 5.74) is -1.44. The molecule has 1 aliphatic heterocycles. The summed E-state index contributed by atoms with van der Waals surface area (Å²) in [6, 6.07) is 0.245. The molecule has 0 spiro atoms. The summed E-state index contributed by atoms with van der Waals surface area (Å²) in [6.07, 6.45) is 5.69. The predicted molar refractivity (Wildman–Crippen MR) is 59.3 cm³/mol. The molecule has 2 fully saturated rings. The van der Waals surface area contributed by atoms with E-state index in [0.29, 0.717) is 5.17 Å². The fourth-order valence-corrected chi connectivity index (χ4v) is 2.52. The van der Waals surface area contributed by atoms with E-state index in [1.165, 1.54) is 19.3 Å². The van der Waals surface area contributed by atoms with Crippen molar-refractivity contribution < 1.29 is 2.74 Å². The van der Waals surface area contributed by atoms with Crippen LogP contribution in [0.1, 0.15) is 34.8 Å². The SMILES string of the molecule is [2H]C1([2H])CN(N=O)C(=NC2CCCCC2)S1. The minimum absolute atomic E-state index is 0.00667. The standard InChI is InChI=1S/C9H15N3OS/c13-11-12-6-7-14-9(12)10-8-4-2-1-3-5-8/h8H,1-7H2/i7D2. The van der Waals surface area contributed by atoms with Gasteiger partial charge in [-0.05, 0) is 12.8 Å². The first-order valence-corrected chi connectivity index (χ1v) is 5.80. The molecular formula is C9H15N3OS. The molecule has 0 radical (unpaired) electrons. The quantitative estimate of drug-likeness (QED) is 0.664. The molecule has 1 heterocycles. The third-order valence-electron chi connectivity index (χ3n) is 2.56. The zero-order valence-electron chi connectivity index (χ0n) is 9.98. The minimum atomic E-state index is -1.44. The van der Waals surface area contributed by atoms with Crippen molar-refractivity contribution in [2.45, 2.75) is 38.1 Å². The van der Waals surface area contributed by atoms with E-state index in [1.54, 1.807) is 0 Å². The van der Waals surface area contributed by atoms with Gasteiger partial charge in [-0.1, -0.05) is 31.0 Å². The van der Waals surface area contributed by atoms with Gasteiger partial charge >= 0.3 is 0 Å². The number of nitrogens with zero attached hydrogens (tertiary/aromatic N) is 3. The number of thioether (sulfide) groups is 1. The van der Waals surface area contributed by atoms with E-state index in [0.717, 1.165) is 29.6 Å². The zero-order valence-corrected chi connectivity index (χ0v) is 8.79. The average molecular weight is 215 g/mol. The van der Waals surface area contributed by atoms with Gasteiger partial charge in [0.1, 0.15) is 0 Å². The highest BCUT2D eigenvalue weighted by molar-refractivity contribution is 8.14. The van der Waals surface area contributed by atoms with Crippen molar-refractivity contribution in [3.63, 3.8) is 0 Å². The summed E-state index contributed by atoms with van der Waals surface area (Å²) in [7, 11) is 0. The fourth-order valence-electron chi connectivity index (χ4n) is 1.80. The topological polar surface area (TPSA) is 45.0 Å². The van der Waals surface area contributed by atoms with Crippen molar-refractivity contribution >= 4 is 16.9 Å². The molecule has 14 heavy (non-hydrogen) atoms. The van der Waals surface area contributed by atoms with Gasteiger partial charge in [0.05, 0.1) is 17.9 Å². The maximum atomic E-state index is 10.6. The summed E-state index contributed by atoms with van der Waals surface area (Å²) < 4.78 is 15.2. The maximum Gasteiger partial charge on any atom is 0.182 e. The Morgan fingerprint density at radius 3 is 2.93 bits per heavy atom. The first kappa shape index (κ1) is 7.68. The van der Waals surface area contributed by atoms with Crippen LogP contribution in [-0.2, 0) is 0 Å². The second kappa shape index (κ2) is 4.77. The summed E-state index contributed by atoms with van der Waals surface area (Å²) in [4.78, 5) is 15.0. The molecule has 0 aromatic carbocycles. The van der Waals surface area contributed by atoms with E-state index in [4.69, 9.17) is 2.74 Å². The van der Waals surface area contributed by atoms with Crippen LogP contribution in [0.25, 0.3) is 0 Å². The van der Waals surface area contributed by atoms with E-state index in [1.807, 2.05) is 0 Å². The average Bonchev–Trinajstić information content (AvgIpc) is 2.54. The van der Waals surface area contributed by atoms with Crippen LogP contribution in [0, 0.1) is 4.91 Å². The maximum absolute atomic E-state index is 10.6. The molecule has 2 rings (SSSR count). The lowest BCUT2D eigenvalue weighted by Gasteiger charge is -2.18. The lowest BCUT2D eigenvalue weighted by molar-refractivity contribution is 0.431. The number of rotatable bonds is 2. The smallest absolute Gasteiger partial charge is 0.182 e. The monoisotopic (exact) mass is 215 g/mol. The molecule has 0 aromatic rings. The first-order valence-electron chi connectivity index (χ1n) is 5.98. The van der Waals surface area contributed by atoms with Gasteiger partial charge in [-0.2, -0.15) is 0 Å². The molecule has 1 aliphatic carbocycles. The Morgan fingerprint density at radius 2 is 2.21 bits per heavy atom. The van der Waals surface area contributed by atoms with E-state index in [2.05, 4.69) is 10.3 Å². The number of aliphatic imine (C=N–C) groups is 1. The predicted octanol–water partition coefficient (Wildman–Crippen LogP) is 2.41. The van der Waals surface area contributed by atoms with E-state index < -0.39 is 5.70 Å². The summed E-state index contributed by atoms with van der Waals surface area (Å²) in [6.45, 7) is 0.00667. The molecule has 1 saturated carbocycles. The number of nitroso groups, excluding NO2 is 1. The molecule has 2 aliphatic rings. The Labute approximate surface area is 90.9 Å². The van der Waals surface area contributed by atoms with Gasteiger partial charge in [0.15, 0.2) is 5.17 Å². The third-order valence-corrected chi connectivity index (χ3v) is 3.34. The third kappa shape index (κ3) is 2.26. The molecule has 5 heteroatoms. The molecule has 0 aromatic heterocycles. The highest BCUT2D eigenvalue weighted by atomic mass is 32.2. The Balaban J connectivity index is 2.06. The highest BCUT2D eigenvalue weighted by Crippen LogP contribution is 2.24. The van der Waals surface area contributed by atoms with Gasteiger partial charge in [-0.15, -0.1) is 4.91 Å². The Kier molecular flexibility index (Phi) is 2.62. The summed E-state index contributed by atoms with van der Waals surface area (Å²) in [5.74, 6) is 0. The van der Waals surface area contributed by atoms with Crippen molar-refractivity contribution in [2.75, 3.05) is 12.2 Å². The lowest BCUT2D eigenvalue weighted by Crippen LogP contribution is -2.20. The van der Waals surface area contributed by atoms with Crippen molar-refractivity contribution in [3.05, 3.63) is 4.91 Å². The molecule has 0 atom stereocenters. The van der Waals surface area contributed by atoms with E-state index in [-0.39, 0.29) is 12.6 Å². The van der Waals surface area contributed by atoms with Crippen LogP contribution in [-0.4, -0.2) is 28.5 Å². The molecule has 0 N–H and O–H groups in total. The van der Waals surface area contributed by atoms with Crippen LogP contribution in [0.3, 0.4) is 0 Å². The van der Waals surface area contributed by atoms with E-state index in [9.17, 15) is 4.91 Å². The van der Waals surface area contributed by atoms with Gasteiger partial charge in [0, 0.05) is 8.45 Å². The highest BCUT2D eigenvalue weighted by Gasteiger charge is 2.22. The molecule has 1 saturated heterocycles. The molecular weight excluding hydrogens is 198 g/mol. The fraction of sp³-hybridized carbons (Fsp3) is 0.889. The van der Waals surface area contributed by atoms with Crippen molar-refractivity contribution in [1.29, 1.82) is 0 Å². The molecule has 0 amide bonds. The zero-order chi connectivity index (χ0) is 11.6. The van der Waals surface area contributed by atoms with Gasteiger partial charge in [0.2, 0.25) is 0 Å². The van der Waals surface area contributed by atoms with Crippen molar-refractivity contribution in [2.24, 2.45) is 10.3 Å². The van der Waals surface area contributed by atoms with Crippen LogP contribution < -0.4 is 0 Å². The van der Waals surface area contributed by atoms with Crippen LogP contribution in [0.5, 0.6) is 0 Å². The summed E-state index contributed by atoms with van der Waals surface area (Å²) in [5, 5.41) is 4.41. The van der Waals surface area contributed by atoms with Gasteiger partial charge in [-0.3, -0.25) is 4.99 Å².